The molecule has 0 aliphatic heterocycles. The molecular weight excluding hydrogens is 328 g/mol. The van der Waals surface area contributed by atoms with Gasteiger partial charge in [0, 0.05) is 18.0 Å². The molecular formula is C21H18N2O3. The molecule has 0 spiro atoms. The Morgan fingerprint density at radius 3 is 2.42 bits per heavy atom. The van der Waals surface area contributed by atoms with E-state index in [1.165, 1.54) is 6.92 Å². The molecule has 3 aromatic rings. The highest BCUT2D eigenvalue weighted by atomic mass is 16.4. The van der Waals surface area contributed by atoms with E-state index in [2.05, 4.69) is 10.3 Å². The lowest BCUT2D eigenvalue weighted by molar-refractivity contribution is -0.114. The number of carbonyl (C=O) groups excluding carboxylic acids is 1. The predicted octanol–water partition coefficient (Wildman–Crippen LogP) is 4.37. The molecule has 0 unspecified atom stereocenters. The number of aromatic carboxylic acids is 1. The van der Waals surface area contributed by atoms with E-state index in [0.29, 0.717) is 16.6 Å². The molecule has 0 fully saturated rings. The Balaban J connectivity index is 1.93. The normalized spacial score (nSPS) is 11.0. The number of carbonyl (C=O) groups is 2. The number of hydrogen-bond acceptors (Lipinski definition) is 3. The van der Waals surface area contributed by atoms with Gasteiger partial charge in [-0.25, -0.2) is 9.78 Å². The van der Waals surface area contributed by atoms with Crippen LogP contribution in [-0.2, 0) is 4.79 Å². The van der Waals surface area contributed by atoms with Crippen molar-refractivity contribution in [2.24, 2.45) is 0 Å². The third-order valence-electron chi connectivity index (χ3n) is 3.89. The minimum absolute atomic E-state index is 0.120. The highest BCUT2D eigenvalue weighted by molar-refractivity contribution is 6.03. The number of aromatic nitrogens is 1. The smallest absolute Gasteiger partial charge is 0.336 e. The molecule has 5 heteroatoms. The molecule has 0 bridgehead atoms. The lowest BCUT2D eigenvalue weighted by atomic mass is 10.0. The molecule has 0 saturated heterocycles. The Bertz CT molecular complexity index is 1020. The van der Waals surface area contributed by atoms with Crippen LogP contribution >= 0.6 is 0 Å². The lowest BCUT2D eigenvalue weighted by Gasteiger charge is -2.06. The van der Waals surface area contributed by atoms with Gasteiger partial charge in [-0.15, -0.1) is 0 Å². The van der Waals surface area contributed by atoms with Crippen LogP contribution in [-0.4, -0.2) is 22.0 Å². The number of nitrogens with one attached hydrogen (secondary N) is 1. The third-order valence-corrected chi connectivity index (χ3v) is 3.89. The lowest BCUT2D eigenvalue weighted by Crippen LogP contribution is -2.05. The molecule has 1 amide bonds. The molecule has 2 N–H and O–H groups in total. The second-order valence-corrected chi connectivity index (χ2v) is 6.06. The highest BCUT2D eigenvalue weighted by Crippen LogP contribution is 2.21. The number of pyridine rings is 1. The molecule has 0 aliphatic carbocycles. The van der Waals surface area contributed by atoms with E-state index in [-0.39, 0.29) is 11.5 Å². The summed E-state index contributed by atoms with van der Waals surface area (Å²) in [4.78, 5) is 27.2. The summed E-state index contributed by atoms with van der Waals surface area (Å²) in [5.41, 5.74) is 4.09. The van der Waals surface area contributed by atoms with Crippen molar-refractivity contribution in [2.45, 2.75) is 13.8 Å². The van der Waals surface area contributed by atoms with Crippen LogP contribution in [0.25, 0.3) is 23.1 Å². The van der Waals surface area contributed by atoms with Crippen molar-refractivity contribution < 1.29 is 14.7 Å². The Kier molecular flexibility index (Phi) is 4.80. The van der Waals surface area contributed by atoms with Gasteiger partial charge < -0.3 is 10.4 Å². The van der Waals surface area contributed by atoms with Crippen LogP contribution in [0.5, 0.6) is 0 Å². The number of rotatable bonds is 4. The van der Waals surface area contributed by atoms with Crippen LogP contribution in [0.4, 0.5) is 5.69 Å². The van der Waals surface area contributed by atoms with Gasteiger partial charge in [-0.05, 0) is 48.9 Å². The van der Waals surface area contributed by atoms with Crippen LogP contribution in [0, 0.1) is 6.92 Å². The van der Waals surface area contributed by atoms with E-state index in [9.17, 15) is 14.7 Å². The topological polar surface area (TPSA) is 79.3 Å². The first-order valence-electron chi connectivity index (χ1n) is 8.13. The van der Waals surface area contributed by atoms with Gasteiger partial charge in [0.25, 0.3) is 0 Å². The Morgan fingerprint density at radius 1 is 1.04 bits per heavy atom. The van der Waals surface area contributed by atoms with E-state index < -0.39 is 5.97 Å². The number of benzene rings is 2. The van der Waals surface area contributed by atoms with E-state index >= 15 is 0 Å². The Morgan fingerprint density at radius 2 is 1.77 bits per heavy atom. The fraction of sp³-hybridized carbons (Fsp3) is 0.0952. The summed E-state index contributed by atoms with van der Waals surface area (Å²) < 4.78 is 0. The second-order valence-electron chi connectivity index (χ2n) is 6.06. The van der Waals surface area contributed by atoms with Gasteiger partial charge in [0.1, 0.15) is 0 Å². The molecule has 1 heterocycles. The number of nitrogens with zero attached hydrogens (tertiary/aromatic N) is 1. The maximum Gasteiger partial charge on any atom is 0.336 e. The van der Waals surface area contributed by atoms with Crippen LogP contribution in [0.1, 0.15) is 34.1 Å². The monoisotopic (exact) mass is 346 g/mol. The average Bonchev–Trinajstić information content (AvgIpc) is 2.60. The largest absolute Gasteiger partial charge is 0.478 e. The average molecular weight is 346 g/mol. The van der Waals surface area contributed by atoms with E-state index in [0.717, 1.165) is 16.8 Å². The zero-order chi connectivity index (χ0) is 18.7. The van der Waals surface area contributed by atoms with Crippen molar-refractivity contribution >= 4 is 40.6 Å². The first-order chi connectivity index (χ1) is 12.4. The SMILES string of the molecule is CC(=O)Nc1ccc(C=Cc2cc(C(=O)O)c3cc(C)ccc3n2)cc1. The quantitative estimate of drug-likeness (QED) is 0.735. The molecule has 0 atom stereocenters. The second kappa shape index (κ2) is 7.19. The molecule has 3 rings (SSSR count). The summed E-state index contributed by atoms with van der Waals surface area (Å²) in [6, 6.07) is 14.5. The van der Waals surface area contributed by atoms with E-state index in [1.54, 1.807) is 24.3 Å². The third kappa shape index (κ3) is 3.95. The first kappa shape index (κ1) is 17.4. The fourth-order valence-corrected chi connectivity index (χ4v) is 2.68. The van der Waals surface area contributed by atoms with Crippen molar-refractivity contribution in [3.63, 3.8) is 0 Å². The zero-order valence-electron chi connectivity index (χ0n) is 14.5. The van der Waals surface area contributed by atoms with Crippen LogP contribution in [0.15, 0.2) is 48.5 Å². The minimum Gasteiger partial charge on any atom is -0.478 e. The molecule has 0 saturated carbocycles. The van der Waals surface area contributed by atoms with E-state index in [1.807, 2.05) is 43.3 Å². The summed E-state index contributed by atoms with van der Waals surface area (Å²) in [5.74, 6) is -1.09. The van der Waals surface area contributed by atoms with Crippen molar-refractivity contribution in [2.75, 3.05) is 5.32 Å². The number of aryl methyl sites for hydroxylation is 1. The van der Waals surface area contributed by atoms with Gasteiger partial charge >= 0.3 is 5.97 Å². The Hall–Kier alpha value is -3.47. The van der Waals surface area contributed by atoms with Gasteiger partial charge in [-0.2, -0.15) is 0 Å². The maximum atomic E-state index is 11.6. The van der Waals surface area contributed by atoms with Crippen LogP contribution in [0.3, 0.4) is 0 Å². The standard InChI is InChI=1S/C21H18N2O3/c1-13-3-10-20-18(11-13)19(21(25)26)12-17(23-20)9-6-15-4-7-16(8-5-15)22-14(2)24/h3-12H,1-2H3,(H,22,24)(H,25,26). The molecule has 1 aromatic heterocycles. The summed E-state index contributed by atoms with van der Waals surface area (Å²) >= 11 is 0. The molecule has 2 aromatic carbocycles. The van der Waals surface area contributed by atoms with Crippen molar-refractivity contribution in [1.29, 1.82) is 0 Å². The number of hydrogen-bond donors (Lipinski definition) is 2. The predicted molar refractivity (Wildman–Crippen MR) is 103 cm³/mol. The number of anilines is 1. The summed E-state index contributed by atoms with van der Waals surface area (Å²) in [6.45, 7) is 3.38. The fourth-order valence-electron chi connectivity index (χ4n) is 2.68. The number of carboxylic acid groups (broad SMARTS) is 1. The molecule has 130 valence electrons. The van der Waals surface area contributed by atoms with Crippen molar-refractivity contribution in [3.8, 4) is 0 Å². The zero-order valence-corrected chi connectivity index (χ0v) is 14.5. The summed E-state index contributed by atoms with van der Waals surface area (Å²) in [5, 5.41) is 12.8. The molecule has 5 nitrogen and oxygen atoms in total. The van der Waals surface area contributed by atoms with Gasteiger partial charge in [-0.1, -0.05) is 29.8 Å². The summed E-state index contributed by atoms with van der Waals surface area (Å²) in [6.07, 6.45) is 3.63. The highest BCUT2D eigenvalue weighted by Gasteiger charge is 2.11. The minimum atomic E-state index is -0.975. The van der Waals surface area contributed by atoms with Gasteiger partial charge in [0.2, 0.25) is 5.91 Å². The number of fused-ring (bicyclic) bond motifs is 1. The van der Waals surface area contributed by atoms with Crippen LogP contribution < -0.4 is 5.32 Å². The summed E-state index contributed by atoms with van der Waals surface area (Å²) in [7, 11) is 0. The van der Waals surface area contributed by atoms with Gasteiger partial charge in [0.15, 0.2) is 0 Å². The molecule has 0 radical (unpaired) electrons. The van der Waals surface area contributed by atoms with Crippen LogP contribution in [0.2, 0.25) is 0 Å². The van der Waals surface area contributed by atoms with E-state index in [4.69, 9.17) is 0 Å². The van der Waals surface area contributed by atoms with Crippen molar-refractivity contribution in [1.82, 2.24) is 4.98 Å². The first-order valence-corrected chi connectivity index (χ1v) is 8.13. The number of amides is 1. The number of carboxylic acids is 1. The molecule has 26 heavy (non-hydrogen) atoms. The van der Waals surface area contributed by atoms with Crippen molar-refractivity contribution in [3.05, 3.63) is 70.9 Å². The maximum absolute atomic E-state index is 11.6. The van der Waals surface area contributed by atoms with Gasteiger partial charge in [-0.3, -0.25) is 4.79 Å². The van der Waals surface area contributed by atoms with Gasteiger partial charge in [0.05, 0.1) is 16.8 Å². The molecule has 0 aliphatic rings. The Labute approximate surface area is 151 Å².